The highest BCUT2D eigenvalue weighted by atomic mass is 19.4. The standard InChI is InChI=1S/C17H27F3N6O2/c1-21-15(22-6-3-10-27-12-13-4-2-11-28-13)24-8-9-25-16-23-7-5-14(26-16)17(18,19)20/h5,7,13H,2-4,6,8-12H2,1H3,(H2,21,22,24)(H,23,25,26). The Hall–Kier alpha value is -2.14. The summed E-state index contributed by atoms with van der Waals surface area (Å²) in [4.78, 5) is 11.3. The minimum atomic E-state index is -4.49. The minimum Gasteiger partial charge on any atom is -0.379 e. The topological polar surface area (TPSA) is 92.7 Å². The molecule has 2 rings (SSSR count). The molecule has 1 atom stereocenters. The van der Waals surface area contributed by atoms with Gasteiger partial charge in [0, 0.05) is 46.1 Å². The summed E-state index contributed by atoms with van der Waals surface area (Å²) in [6.07, 6.45) is -0.190. The molecular weight excluding hydrogens is 377 g/mol. The van der Waals surface area contributed by atoms with Gasteiger partial charge in [0.05, 0.1) is 12.7 Å². The number of anilines is 1. The van der Waals surface area contributed by atoms with E-state index < -0.39 is 11.9 Å². The molecule has 0 saturated carbocycles. The number of aromatic nitrogens is 2. The van der Waals surface area contributed by atoms with Crippen molar-refractivity contribution in [2.45, 2.75) is 31.5 Å². The van der Waals surface area contributed by atoms with E-state index >= 15 is 0 Å². The summed E-state index contributed by atoms with van der Waals surface area (Å²) in [7, 11) is 1.65. The van der Waals surface area contributed by atoms with E-state index in [1.165, 1.54) is 0 Å². The highest BCUT2D eigenvalue weighted by Crippen LogP contribution is 2.27. The molecule has 1 aliphatic heterocycles. The van der Waals surface area contributed by atoms with Crippen molar-refractivity contribution in [3.63, 3.8) is 0 Å². The van der Waals surface area contributed by atoms with E-state index in [0.717, 1.165) is 38.1 Å². The van der Waals surface area contributed by atoms with Crippen molar-refractivity contribution in [1.82, 2.24) is 20.6 Å². The van der Waals surface area contributed by atoms with Gasteiger partial charge in [-0.2, -0.15) is 13.2 Å². The van der Waals surface area contributed by atoms with Gasteiger partial charge >= 0.3 is 6.18 Å². The molecule has 1 aliphatic rings. The second kappa shape index (κ2) is 11.6. The normalized spacial score (nSPS) is 17.6. The summed E-state index contributed by atoms with van der Waals surface area (Å²) in [5, 5.41) is 8.95. The summed E-state index contributed by atoms with van der Waals surface area (Å²) in [5.41, 5.74) is -0.975. The number of rotatable bonds is 10. The van der Waals surface area contributed by atoms with E-state index in [4.69, 9.17) is 9.47 Å². The van der Waals surface area contributed by atoms with Gasteiger partial charge in [-0.15, -0.1) is 0 Å². The molecule has 1 unspecified atom stereocenters. The minimum absolute atomic E-state index is 0.0667. The number of hydrogen-bond donors (Lipinski definition) is 3. The average molecular weight is 404 g/mol. The fourth-order valence-electron chi connectivity index (χ4n) is 2.55. The Balaban J connectivity index is 1.54. The largest absolute Gasteiger partial charge is 0.433 e. The van der Waals surface area contributed by atoms with Crippen LogP contribution in [0.3, 0.4) is 0 Å². The first kappa shape index (κ1) is 22.2. The number of nitrogens with zero attached hydrogens (tertiary/aromatic N) is 3. The molecule has 0 aliphatic carbocycles. The van der Waals surface area contributed by atoms with Crippen molar-refractivity contribution in [2.24, 2.45) is 4.99 Å². The molecule has 0 bridgehead atoms. The number of hydrogen-bond acceptors (Lipinski definition) is 6. The highest BCUT2D eigenvalue weighted by molar-refractivity contribution is 5.79. The van der Waals surface area contributed by atoms with E-state index in [1.54, 1.807) is 7.05 Å². The third kappa shape index (κ3) is 8.26. The Morgan fingerprint density at radius 1 is 1.32 bits per heavy atom. The smallest absolute Gasteiger partial charge is 0.379 e. The van der Waals surface area contributed by atoms with Crippen LogP contribution in [-0.4, -0.2) is 68.5 Å². The zero-order chi connectivity index (χ0) is 20.2. The summed E-state index contributed by atoms with van der Waals surface area (Å²) in [6, 6.07) is 0.833. The summed E-state index contributed by atoms with van der Waals surface area (Å²) < 4.78 is 48.9. The first-order chi connectivity index (χ1) is 13.5. The van der Waals surface area contributed by atoms with Gasteiger partial charge in [-0.25, -0.2) is 9.97 Å². The van der Waals surface area contributed by atoms with Gasteiger partial charge in [-0.3, -0.25) is 4.99 Å². The van der Waals surface area contributed by atoms with Gasteiger partial charge in [0.25, 0.3) is 0 Å². The maximum atomic E-state index is 12.6. The molecule has 8 nitrogen and oxygen atoms in total. The molecule has 1 saturated heterocycles. The lowest BCUT2D eigenvalue weighted by molar-refractivity contribution is -0.141. The molecule has 1 aromatic rings. The zero-order valence-electron chi connectivity index (χ0n) is 15.9. The predicted molar refractivity (Wildman–Crippen MR) is 99.3 cm³/mol. The van der Waals surface area contributed by atoms with Gasteiger partial charge in [-0.05, 0) is 25.3 Å². The van der Waals surface area contributed by atoms with Crippen molar-refractivity contribution >= 4 is 11.9 Å². The fourth-order valence-corrected chi connectivity index (χ4v) is 2.55. The molecule has 1 aromatic heterocycles. The molecule has 0 radical (unpaired) electrons. The summed E-state index contributed by atoms with van der Waals surface area (Å²) in [6.45, 7) is 3.57. The molecule has 158 valence electrons. The second-order valence-electron chi connectivity index (χ2n) is 6.18. The fraction of sp³-hybridized carbons (Fsp3) is 0.706. The number of halogens is 3. The SMILES string of the molecule is CN=C(NCCCOCC1CCCO1)NCCNc1nccc(C(F)(F)F)n1. The van der Waals surface area contributed by atoms with E-state index in [1.807, 2.05) is 0 Å². The molecule has 1 fully saturated rings. The molecule has 0 amide bonds. The summed E-state index contributed by atoms with van der Waals surface area (Å²) >= 11 is 0. The maximum absolute atomic E-state index is 12.6. The van der Waals surface area contributed by atoms with Crippen LogP contribution in [0.2, 0.25) is 0 Å². The molecular formula is C17H27F3N6O2. The van der Waals surface area contributed by atoms with E-state index in [0.29, 0.717) is 38.8 Å². The average Bonchev–Trinajstić information content (AvgIpc) is 3.19. The van der Waals surface area contributed by atoms with Gasteiger partial charge in [0.1, 0.15) is 5.69 Å². The van der Waals surface area contributed by atoms with E-state index in [2.05, 4.69) is 30.9 Å². The van der Waals surface area contributed by atoms with Crippen molar-refractivity contribution in [3.8, 4) is 0 Å². The van der Waals surface area contributed by atoms with Crippen molar-refractivity contribution in [3.05, 3.63) is 18.0 Å². The lowest BCUT2D eigenvalue weighted by atomic mass is 10.2. The number of alkyl halides is 3. The molecule has 0 spiro atoms. The van der Waals surface area contributed by atoms with E-state index in [9.17, 15) is 13.2 Å². The van der Waals surface area contributed by atoms with Crippen LogP contribution in [0, 0.1) is 0 Å². The highest BCUT2D eigenvalue weighted by Gasteiger charge is 2.32. The van der Waals surface area contributed by atoms with E-state index in [-0.39, 0.29) is 12.1 Å². The number of ether oxygens (including phenoxy) is 2. The molecule has 11 heteroatoms. The number of guanidine groups is 1. The third-order valence-corrected chi connectivity index (χ3v) is 3.96. The molecule has 0 aromatic carbocycles. The van der Waals surface area contributed by atoms with Gasteiger partial charge in [0.15, 0.2) is 5.96 Å². The lowest BCUT2D eigenvalue weighted by Gasteiger charge is -2.13. The Kier molecular flexibility index (Phi) is 9.21. The molecule has 3 N–H and O–H groups in total. The first-order valence-electron chi connectivity index (χ1n) is 9.27. The molecule has 28 heavy (non-hydrogen) atoms. The van der Waals surface area contributed by atoms with Crippen LogP contribution in [0.5, 0.6) is 0 Å². The lowest BCUT2D eigenvalue weighted by Crippen LogP contribution is -2.40. The van der Waals surface area contributed by atoms with Crippen molar-refractivity contribution in [1.29, 1.82) is 0 Å². The van der Waals surface area contributed by atoms with Crippen LogP contribution in [0.15, 0.2) is 17.3 Å². The van der Waals surface area contributed by atoms with Crippen molar-refractivity contribution in [2.75, 3.05) is 51.8 Å². The zero-order valence-corrected chi connectivity index (χ0v) is 15.9. The molecule has 2 heterocycles. The third-order valence-electron chi connectivity index (χ3n) is 3.96. The Bertz CT molecular complexity index is 609. The Morgan fingerprint density at radius 2 is 2.14 bits per heavy atom. The van der Waals surface area contributed by atoms with Crippen LogP contribution >= 0.6 is 0 Å². The van der Waals surface area contributed by atoms with Gasteiger partial charge in [-0.1, -0.05) is 0 Å². The maximum Gasteiger partial charge on any atom is 0.433 e. The summed E-state index contributed by atoms with van der Waals surface area (Å²) in [5.74, 6) is 0.536. The predicted octanol–water partition coefficient (Wildman–Crippen LogP) is 1.66. The monoisotopic (exact) mass is 404 g/mol. The van der Waals surface area contributed by atoms with Crippen LogP contribution in [-0.2, 0) is 15.7 Å². The Morgan fingerprint density at radius 3 is 2.86 bits per heavy atom. The van der Waals surface area contributed by atoms with Crippen molar-refractivity contribution < 1.29 is 22.6 Å². The number of aliphatic imine (C=N–C) groups is 1. The van der Waals surface area contributed by atoms with Gasteiger partial charge in [0.2, 0.25) is 5.95 Å². The second-order valence-corrected chi connectivity index (χ2v) is 6.18. The van der Waals surface area contributed by atoms with Gasteiger partial charge < -0.3 is 25.4 Å². The van der Waals surface area contributed by atoms with Crippen LogP contribution in [0.25, 0.3) is 0 Å². The van der Waals surface area contributed by atoms with Crippen LogP contribution in [0.1, 0.15) is 25.0 Å². The van der Waals surface area contributed by atoms with Crippen LogP contribution < -0.4 is 16.0 Å². The quantitative estimate of drug-likeness (QED) is 0.310. The number of nitrogens with one attached hydrogen (secondary N) is 3. The first-order valence-corrected chi connectivity index (χ1v) is 9.27. The Labute approximate surface area is 162 Å². The van der Waals surface area contributed by atoms with Crippen LogP contribution in [0.4, 0.5) is 19.1 Å².